The monoisotopic (exact) mass is 409 g/mol. The topological polar surface area (TPSA) is 54.5 Å². The van der Waals surface area contributed by atoms with Crippen molar-refractivity contribution >= 4 is 44.8 Å². The second kappa shape index (κ2) is 7.94. The quantitative estimate of drug-likeness (QED) is 0.703. The van der Waals surface area contributed by atoms with Gasteiger partial charge in [0.1, 0.15) is 0 Å². The highest BCUT2D eigenvalue weighted by Gasteiger charge is 2.34. The van der Waals surface area contributed by atoms with Crippen LogP contribution in [0, 0.1) is 6.92 Å². The zero-order valence-corrected chi connectivity index (χ0v) is 16.8. The third-order valence-electron chi connectivity index (χ3n) is 4.50. The molecule has 7 heteroatoms. The van der Waals surface area contributed by atoms with Crippen molar-refractivity contribution < 1.29 is 13.2 Å². The lowest BCUT2D eigenvalue weighted by Gasteiger charge is -2.27. The van der Waals surface area contributed by atoms with Gasteiger partial charge < -0.3 is 4.90 Å². The fraction of sp³-hybridized carbons (Fsp3) is 0.316. The average molecular weight is 410 g/mol. The van der Waals surface area contributed by atoms with Gasteiger partial charge in [-0.05, 0) is 54.1 Å². The number of hydrogen-bond donors (Lipinski definition) is 0. The van der Waals surface area contributed by atoms with E-state index in [1.807, 2.05) is 30.5 Å². The smallest absolute Gasteiger partial charge is 0.247 e. The number of carbonyl (C=O) groups excluding carboxylic acids is 1. The summed E-state index contributed by atoms with van der Waals surface area (Å²) in [5.41, 5.74) is 1.99. The van der Waals surface area contributed by atoms with Crippen LogP contribution in [0.1, 0.15) is 22.4 Å². The molecule has 1 fully saturated rings. The molecule has 138 valence electrons. The highest BCUT2D eigenvalue weighted by molar-refractivity contribution is 7.91. The largest absolute Gasteiger partial charge is 0.330 e. The van der Waals surface area contributed by atoms with Gasteiger partial charge in [-0.15, -0.1) is 11.3 Å². The molecule has 0 radical (unpaired) electrons. The fourth-order valence-corrected chi connectivity index (χ4v) is 5.73. The van der Waals surface area contributed by atoms with Gasteiger partial charge in [0.25, 0.3) is 0 Å². The fourth-order valence-electron chi connectivity index (χ4n) is 2.97. The van der Waals surface area contributed by atoms with Crippen LogP contribution in [-0.2, 0) is 21.2 Å². The van der Waals surface area contributed by atoms with E-state index >= 15 is 0 Å². The summed E-state index contributed by atoms with van der Waals surface area (Å²) < 4.78 is 23.8. The molecule has 1 unspecified atom stereocenters. The Hall–Kier alpha value is -1.63. The van der Waals surface area contributed by atoms with E-state index in [0.29, 0.717) is 18.0 Å². The summed E-state index contributed by atoms with van der Waals surface area (Å²) in [7, 11) is -3.06. The number of nitrogens with zero attached hydrogens (tertiary/aromatic N) is 1. The van der Waals surface area contributed by atoms with Crippen LogP contribution in [0.2, 0.25) is 5.02 Å². The van der Waals surface area contributed by atoms with Crippen LogP contribution >= 0.6 is 22.9 Å². The van der Waals surface area contributed by atoms with Crippen molar-refractivity contribution in [2.45, 2.75) is 25.9 Å². The lowest BCUT2D eigenvalue weighted by atomic mass is 10.1. The number of carbonyl (C=O) groups is 1. The third kappa shape index (κ3) is 4.75. The Balaban J connectivity index is 1.81. The molecule has 4 nitrogen and oxygen atoms in total. The zero-order chi connectivity index (χ0) is 18.7. The summed E-state index contributed by atoms with van der Waals surface area (Å²) in [5, 5.41) is 2.63. The molecule has 1 atom stereocenters. The Morgan fingerprint density at radius 1 is 1.31 bits per heavy atom. The molecular weight excluding hydrogens is 390 g/mol. The van der Waals surface area contributed by atoms with E-state index in [9.17, 15) is 13.2 Å². The van der Waals surface area contributed by atoms with Crippen molar-refractivity contribution in [2.24, 2.45) is 0 Å². The summed E-state index contributed by atoms with van der Waals surface area (Å²) in [5.74, 6) is 0.0128. The van der Waals surface area contributed by atoms with Crippen LogP contribution in [-0.4, -0.2) is 36.8 Å². The minimum Gasteiger partial charge on any atom is -0.330 e. The lowest BCUT2D eigenvalue weighted by Crippen LogP contribution is -2.39. The molecule has 0 saturated carbocycles. The molecule has 2 heterocycles. The van der Waals surface area contributed by atoms with Gasteiger partial charge in [0.2, 0.25) is 5.91 Å². The molecule has 0 bridgehead atoms. The molecule has 1 aromatic carbocycles. The van der Waals surface area contributed by atoms with E-state index in [4.69, 9.17) is 11.6 Å². The summed E-state index contributed by atoms with van der Waals surface area (Å²) in [4.78, 5) is 15.6. The first kappa shape index (κ1) is 19.1. The Morgan fingerprint density at radius 3 is 2.62 bits per heavy atom. The van der Waals surface area contributed by atoms with Gasteiger partial charge in [0.05, 0.1) is 18.1 Å². The molecule has 2 aromatic rings. The van der Waals surface area contributed by atoms with Crippen LogP contribution in [0.3, 0.4) is 0 Å². The molecule has 3 rings (SSSR count). The second-order valence-electron chi connectivity index (χ2n) is 6.43. The summed E-state index contributed by atoms with van der Waals surface area (Å²) in [6.45, 7) is 2.44. The van der Waals surface area contributed by atoms with Gasteiger partial charge in [0, 0.05) is 22.0 Å². The first-order chi connectivity index (χ1) is 12.3. The maximum atomic E-state index is 12.8. The normalized spacial score (nSPS) is 19.1. The van der Waals surface area contributed by atoms with E-state index in [1.54, 1.807) is 34.4 Å². The zero-order valence-electron chi connectivity index (χ0n) is 14.4. The molecule has 1 saturated heterocycles. The number of halogens is 1. The molecule has 26 heavy (non-hydrogen) atoms. The molecule has 1 aliphatic heterocycles. The Morgan fingerprint density at radius 2 is 2.04 bits per heavy atom. The highest BCUT2D eigenvalue weighted by Crippen LogP contribution is 2.24. The van der Waals surface area contributed by atoms with Crippen molar-refractivity contribution in [1.29, 1.82) is 0 Å². The molecule has 1 aliphatic rings. The minimum atomic E-state index is -3.06. The highest BCUT2D eigenvalue weighted by atomic mass is 35.5. The number of sulfone groups is 1. The Labute approximate surface area is 163 Å². The van der Waals surface area contributed by atoms with Gasteiger partial charge in [0.15, 0.2) is 9.84 Å². The number of thiophene rings is 1. The average Bonchev–Trinajstić information content (AvgIpc) is 3.16. The molecular formula is C19H20ClNO3S2. The van der Waals surface area contributed by atoms with Gasteiger partial charge in [-0.25, -0.2) is 8.42 Å². The maximum absolute atomic E-state index is 12.8. The van der Waals surface area contributed by atoms with E-state index in [0.717, 1.165) is 16.0 Å². The first-order valence-corrected chi connectivity index (χ1v) is 11.4. The second-order valence-corrected chi connectivity index (χ2v) is 10.1. The van der Waals surface area contributed by atoms with Gasteiger partial charge in [-0.3, -0.25) is 4.79 Å². The first-order valence-electron chi connectivity index (χ1n) is 8.32. The van der Waals surface area contributed by atoms with Crippen LogP contribution in [0.15, 0.2) is 41.8 Å². The van der Waals surface area contributed by atoms with E-state index in [2.05, 4.69) is 0 Å². The van der Waals surface area contributed by atoms with Crippen LogP contribution in [0.4, 0.5) is 0 Å². The van der Waals surface area contributed by atoms with Crippen molar-refractivity contribution in [3.05, 3.63) is 62.8 Å². The Bertz CT molecular complexity index is 917. The number of hydrogen-bond acceptors (Lipinski definition) is 4. The number of amides is 1. The molecule has 1 amide bonds. The van der Waals surface area contributed by atoms with Gasteiger partial charge in [-0.1, -0.05) is 23.7 Å². The number of benzene rings is 1. The minimum absolute atomic E-state index is 0.0396. The standard InChI is InChI=1S/C19H20ClNO3S2/c1-14-8-10-25-18(14)12-21(17-9-11-26(23,24)13-17)19(22)7-4-15-2-5-16(20)6-3-15/h2-8,10,17H,9,11-13H2,1H3/b7-4+. The van der Waals surface area contributed by atoms with Crippen molar-refractivity contribution in [3.8, 4) is 0 Å². The van der Waals surface area contributed by atoms with Gasteiger partial charge in [-0.2, -0.15) is 0 Å². The van der Waals surface area contributed by atoms with Crippen molar-refractivity contribution in [2.75, 3.05) is 11.5 Å². The SMILES string of the molecule is Cc1ccsc1CN(C(=O)/C=C/c1ccc(Cl)cc1)C1CCS(=O)(=O)C1. The molecule has 0 aliphatic carbocycles. The van der Waals surface area contributed by atoms with E-state index in [1.165, 1.54) is 6.08 Å². The van der Waals surface area contributed by atoms with Gasteiger partial charge >= 0.3 is 0 Å². The number of aryl methyl sites for hydroxylation is 1. The van der Waals surface area contributed by atoms with Crippen LogP contribution in [0.5, 0.6) is 0 Å². The summed E-state index contributed by atoms with van der Waals surface area (Å²) in [6.07, 6.45) is 3.74. The maximum Gasteiger partial charge on any atom is 0.247 e. The molecule has 1 aromatic heterocycles. The van der Waals surface area contributed by atoms with Crippen LogP contribution < -0.4 is 0 Å². The lowest BCUT2D eigenvalue weighted by molar-refractivity contribution is -0.128. The predicted molar refractivity (Wildman–Crippen MR) is 107 cm³/mol. The molecule has 0 spiro atoms. The third-order valence-corrected chi connectivity index (χ3v) is 7.51. The molecule has 0 N–H and O–H groups in total. The Kier molecular flexibility index (Phi) is 5.85. The van der Waals surface area contributed by atoms with Crippen molar-refractivity contribution in [3.63, 3.8) is 0 Å². The van der Waals surface area contributed by atoms with E-state index < -0.39 is 9.84 Å². The van der Waals surface area contributed by atoms with E-state index in [-0.39, 0.29) is 23.5 Å². The summed E-state index contributed by atoms with van der Waals surface area (Å²) in [6, 6.07) is 8.94. The van der Waals surface area contributed by atoms with Crippen molar-refractivity contribution in [1.82, 2.24) is 4.90 Å². The van der Waals surface area contributed by atoms with Crippen LogP contribution in [0.25, 0.3) is 6.08 Å². The summed E-state index contributed by atoms with van der Waals surface area (Å²) >= 11 is 7.46. The predicted octanol–water partition coefficient (Wildman–Crippen LogP) is 3.94. The number of rotatable bonds is 5.